The molecule has 0 bridgehead atoms. The first-order valence-corrected chi connectivity index (χ1v) is 3.69. The van der Waals surface area contributed by atoms with Gasteiger partial charge < -0.3 is 5.32 Å². The van der Waals surface area contributed by atoms with E-state index >= 15 is 0 Å². The van der Waals surface area contributed by atoms with Gasteiger partial charge in [-0.15, -0.1) is 0 Å². The molecule has 0 radical (unpaired) electrons. The molecule has 3 nitrogen and oxygen atoms in total. The predicted molar refractivity (Wildman–Crippen MR) is 46.3 cm³/mol. The summed E-state index contributed by atoms with van der Waals surface area (Å²) in [6.45, 7) is 0. The Morgan fingerprint density at radius 3 is 3.33 bits per heavy atom. The number of fused-ring (bicyclic) bond motifs is 1. The van der Waals surface area contributed by atoms with E-state index in [1.807, 2.05) is 18.2 Å². The monoisotopic (exact) mass is 157 g/mol. The minimum absolute atomic E-state index is 0.221. The van der Waals surface area contributed by atoms with E-state index in [2.05, 4.69) is 16.4 Å². The van der Waals surface area contributed by atoms with Crippen LogP contribution in [0.15, 0.2) is 24.4 Å². The first kappa shape index (κ1) is 6.86. The maximum Gasteiger partial charge on any atom is 0.133 e. The topological polar surface area (TPSA) is 48.7 Å². The third-order valence-corrected chi connectivity index (χ3v) is 1.74. The van der Waals surface area contributed by atoms with Crippen molar-refractivity contribution >= 4 is 11.8 Å². The molecule has 1 aromatic heterocycles. The van der Waals surface area contributed by atoms with Crippen LogP contribution in [0.2, 0.25) is 0 Å². The lowest BCUT2D eigenvalue weighted by Crippen LogP contribution is -2.17. The fraction of sp³-hybridized carbons (Fsp3) is 0.111. The number of hydrogen-bond donors (Lipinski definition) is 1. The van der Waals surface area contributed by atoms with Crippen LogP contribution in [0.3, 0.4) is 0 Å². The van der Waals surface area contributed by atoms with Crippen LogP contribution >= 0.6 is 0 Å². The zero-order valence-corrected chi connectivity index (χ0v) is 6.36. The van der Waals surface area contributed by atoms with Gasteiger partial charge in [0.2, 0.25) is 0 Å². The van der Waals surface area contributed by atoms with Crippen molar-refractivity contribution in [3.63, 3.8) is 0 Å². The molecule has 2 heterocycles. The number of hydrogen-bond acceptors (Lipinski definition) is 3. The van der Waals surface area contributed by atoms with Gasteiger partial charge in [-0.25, -0.2) is 0 Å². The first-order chi connectivity index (χ1) is 5.90. The molecule has 0 spiro atoms. The summed E-state index contributed by atoms with van der Waals surface area (Å²) in [6.07, 6.45) is 5.40. The molecule has 12 heavy (non-hydrogen) atoms. The van der Waals surface area contributed by atoms with Gasteiger partial charge in [0.15, 0.2) is 0 Å². The molecule has 3 heteroatoms. The standard InChI is InChI=1S/C9H7N3/c10-6-7-3-4-8-9(12-7)2-1-5-11-8/h1-5,7,12H. The van der Waals surface area contributed by atoms with Crippen LogP contribution in [-0.2, 0) is 0 Å². The second-order valence-electron chi connectivity index (χ2n) is 2.55. The van der Waals surface area contributed by atoms with Crippen LogP contribution in [0.5, 0.6) is 0 Å². The second kappa shape index (κ2) is 2.67. The molecule has 1 aliphatic heterocycles. The van der Waals surface area contributed by atoms with Gasteiger partial charge in [0.05, 0.1) is 17.5 Å². The molecule has 1 atom stereocenters. The van der Waals surface area contributed by atoms with Gasteiger partial charge >= 0.3 is 0 Å². The third-order valence-electron chi connectivity index (χ3n) is 1.74. The Bertz CT molecular complexity index is 362. The second-order valence-corrected chi connectivity index (χ2v) is 2.55. The molecule has 0 fully saturated rings. The largest absolute Gasteiger partial charge is 0.365 e. The van der Waals surface area contributed by atoms with Crippen LogP contribution in [0.4, 0.5) is 5.69 Å². The third kappa shape index (κ3) is 1.04. The molecule has 0 saturated carbocycles. The Morgan fingerprint density at radius 2 is 2.50 bits per heavy atom. The highest BCUT2D eigenvalue weighted by Gasteiger charge is 2.10. The molecule has 58 valence electrons. The molecule has 2 rings (SSSR count). The van der Waals surface area contributed by atoms with Crippen molar-refractivity contribution in [3.05, 3.63) is 30.1 Å². The number of rotatable bonds is 0. The zero-order valence-electron chi connectivity index (χ0n) is 6.36. The number of pyridine rings is 1. The van der Waals surface area contributed by atoms with Crippen molar-refractivity contribution in [2.75, 3.05) is 5.32 Å². The Balaban J connectivity index is 2.41. The van der Waals surface area contributed by atoms with Gasteiger partial charge in [0.1, 0.15) is 6.04 Å². The fourth-order valence-corrected chi connectivity index (χ4v) is 1.15. The summed E-state index contributed by atoms with van der Waals surface area (Å²) in [4.78, 5) is 4.13. The smallest absolute Gasteiger partial charge is 0.133 e. The summed E-state index contributed by atoms with van der Waals surface area (Å²) < 4.78 is 0. The van der Waals surface area contributed by atoms with Crippen LogP contribution in [0.1, 0.15) is 5.69 Å². The molecule has 0 aliphatic carbocycles. The highest BCUT2D eigenvalue weighted by molar-refractivity contribution is 5.68. The van der Waals surface area contributed by atoms with Gasteiger partial charge in [-0.3, -0.25) is 4.98 Å². The van der Waals surface area contributed by atoms with E-state index in [1.165, 1.54) is 0 Å². The van der Waals surface area contributed by atoms with E-state index in [-0.39, 0.29) is 6.04 Å². The summed E-state index contributed by atoms with van der Waals surface area (Å²) in [5.74, 6) is 0. The summed E-state index contributed by atoms with van der Waals surface area (Å²) >= 11 is 0. The summed E-state index contributed by atoms with van der Waals surface area (Å²) in [5.41, 5.74) is 1.82. The van der Waals surface area contributed by atoms with Crippen molar-refractivity contribution in [2.24, 2.45) is 0 Å². The van der Waals surface area contributed by atoms with Gasteiger partial charge in [-0.1, -0.05) is 0 Å². The molecule has 1 unspecified atom stereocenters. The van der Waals surface area contributed by atoms with Crippen molar-refractivity contribution in [3.8, 4) is 6.07 Å². The molecule has 1 aliphatic rings. The van der Waals surface area contributed by atoms with E-state index in [0.29, 0.717) is 0 Å². The van der Waals surface area contributed by atoms with Gasteiger partial charge in [0.25, 0.3) is 0 Å². The van der Waals surface area contributed by atoms with Crippen molar-refractivity contribution in [1.29, 1.82) is 5.26 Å². The van der Waals surface area contributed by atoms with Gasteiger partial charge in [0, 0.05) is 6.20 Å². The zero-order chi connectivity index (χ0) is 8.39. The Kier molecular flexibility index (Phi) is 1.52. The number of nitriles is 1. The lowest BCUT2D eigenvalue weighted by Gasteiger charge is -2.15. The molecule has 0 amide bonds. The summed E-state index contributed by atoms with van der Waals surface area (Å²) in [6, 6.07) is 5.66. The molecule has 1 aromatic rings. The van der Waals surface area contributed by atoms with Crippen LogP contribution in [0, 0.1) is 11.3 Å². The minimum atomic E-state index is -0.221. The SMILES string of the molecule is N#CC1C=Cc2ncccc2N1. The molecular weight excluding hydrogens is 150 g/mol. The minimum Gasteiger partial charge on any atom is -0.365 e. The van der Waals surface area contributed by atoms with Crippen LogP contribution in [0.25, 0.3) is 6.08 Å². The number of anilines is 1. The Morgan fingerprint density at radius 1 is 1.58 bits per heavy atom. The molecule has 0 saturated heterocycles. The maximum absolute atomic E-state index is 8.63. The first-order valence-electron chi connectivity index (χ1n) is 3.69. The van der Waals surface area contributed by atoms with E-state index in [9.17, 15) is 0 Å². The average Bonchev–Trinajstić information content (AvgIpc) is 2.17. The van der Waals surface area contributed by atoms with E-state index in [4.69, 9.17) is 5.26 Å². The molecular formula is C9H7N3. The Hall–Kier alpha value is -1.82. The van der Waals surface area contributed by atoms with E-state index in [0.717, 1.165) is 11.4 Å². The number of nitrogens with zero attached hydrogens (tertiary/aromatic N) is 2. The quantitative estimate of drug-likeness (QED) is 0.619. The van der Waals surface area contributed by atoms with Crippen molar-refractivity contribution in [1.82, 2.24) is 4.98 Å². The highest BCUT2D eigenvalue weighted by Crippen LogP contribution is 2.19. The average molecular weight is 157 g/mol. The summed E-state index contributed by atoms with van der Waals surface area (Å²) in [5, 5.41) is 11.7. The van der Waals surface area contributed by atoms with E-state index < -0.39 is 0 Å². The molecule has 1 N–H and O–H groups in total. The molecule has 0 aromatic carbocycles. The Labute approximate surface area is 70.4 Å². The number of aromatic nitrogens is 1. The fourth-order valence-electron chi connectivity index (χ4n) is 1.15. The normalized spacial score (nSPS) is 19.1. The van der Waals surface area contributed by atoms with Gasteiger partial charge in [-0.2, -0.15) is 5.26 Å². The lowest BCUT2D eigenvalue weighted by atomic mass is 10.1. The maximum atomic E-state index is 8.63. The highest BCUT2D eigenvalue weighted by atomic mass is 14.9. The van der Waals surface area contributed by atoms with Crippen LogP contribution < -0.4 is 5.32 Å². The van der Waals surface area contributed by atoms with Crippen molar-refractivity contribution < 1.29 is 0 Å². The van der Waals surface area contributed by atoms with Crippen LogP contribution in [-0.4, -0.2) is 11.0 Å². The summed E-state index contributed by atoms with van der Waals surface area (Å²) in [7, 11) is 0. The van der Waals surface area contributed by atoms with Crippen molar-refractivity contribution in [2.45, 2.75) is 6.04 Å². The number of nitrogens with one attached hydrogen (secondary N) is 1. The lowest BCUT2D eigenvalue weighted by molar-refractivity contribution is 1.09. The van der Waals surface area contributed by atoms with E-state index in [1.54, 1.807) is 12.3 Å². The van der Waals surface area contributed by atoms with Gasteiger partial charge in [-0.05, 0) is 24.3 Å². The predicted octanol–water partition coefficient (Wildman–Crippen LogP) is 1.41.